The Morgan fingerprint density at radius 2 is 1.36 bits per heavy atom. The standard InChI is InChI=1S/C36H41N7O5S.C25H28N6O/c1-23(2)47-33-20-37-19-30(40-33)25-11-14-31-28(18-25)29(22-43(31)49(45,46)27-12-9-24(3)10-13-27)34-38-16-15-32(41-34)39-26-8-7-17-42(21-26)35(44)48-36(4,5)6;1-16(2)32-24-15-27-14-22(30-24)18-6-5-17-7-8-20(21(17)12-18)25-28-11-9-23(31-25)29-19-4-3-10-26-13-19/h9-16,18-20,22-23,26H,7-8,17,21H2,1-6H3,(H,38,39,41);5-6,8-9,11-12,14-16,19,26H,3-4,7,10,13H2,1-2H3,(H,28,29,31)/t26-;19-/m11/s1. The van der Waals surface area contributed by atoms with Gasteiger partial charge in [0.15, 0.2) is 11.6 Å². The summed E-state index contributed by atoms with van der Waals surface area (Å²) in [4.78, 5) is 51.3. The molecule has 19 nitrogen and oxygen atoms in total. The lowest BCUT2D eigenvalue weighted by Crippen LogP contribution is -2.47. The van der Waals surface area contributed by atoms with Crippen LogP contribution in [-0.4, -0.2) is 119 Å². The molecule has 0 saturated carbocycles. The summed E-state index contributed by atoms with van der Waals surface area (Å²) in [5.41, 5.74) is 7.93. The van der Waals surface area contributed by atoms with E-state index in [0.29, 0.717) is 64.7 Å². The van der Waals surface area contributed by atoms with Gasteiger partial charge in [0.25, 0.3) is 10.0 Å². The van der Waals surface area contributed by atoms with Crippen molar-refractivity contribution in [3.63, 3.8) is 0 Å². The number of anilines is 2. The van der Waals surface area contributed by atoms with E-state index in [1.807, 2.05) is 79.8 Å². The number of amides is 1. The molecule has 11 rings (SSSR count). The van der Waals surface area contributed by atoms with Crippen LogP contribution in [0.25, 0.3) is 50.4 Å². The van der Waals surface area contributed by atoms with E-state index in [0.717, 1.165) is 83.9 Å². The van der Waals surface area contributed by atoms with Gasteiger partial charge < -0.3 is 35.1 Å². The number of carbonyl (C=O) groups excluding carboxylic acids is 1. The molecule has 0 unspecified atom stereocenters. The third kappa shape index (κ3) is 13.6. The highest BCUT2D eigenvalue weighted by atomic mass is 32.2. The van der Waals surface area contributed by atoms with Gasteiger partial charge in [-0.15, -0.1) is 0 Å². The number of rotatable bonds is 14. The van der Waals surface area contributed by atoms with E-state index in [1.165, 1.54) is 16.0 Å². The minimum absolute atomic E-state index is 0.0523. The van der Waals surface area contributed by atoms with Gasteiger partial charge in [0.2, 0.25) is 11.8 Å². The van der Waals surface area contributed by atoms with Gasteiger partial charge in [-0.25, -0.2) is 47.1 Å². The first kappa shape index (κ1) is 55.9. The summed E-state index contributed by atoms with van der Waals surface area (Å²) < 4.78 is 46.4. The molecular formula is C61H69N13O6S. The molecule has 2 aliphatic heterocycles. The molecule has 2 saturated heterocycles. The van der Waals surface area contributed by atoms with Crippen LogP contribution in [0.5, 0.6) is 11.8 Å². The number of ether oxygens (including phenoxy) is 3. The highest BCUT2D eigenvalue weighted by Crippen LogP contribution is 2.37. The van der Waals surface area contributed by atoms with Crippen molar-refractivity contribution in [1.82, 2.24) is 54.1 Å². The third-order valence-corrected chi connectivity index (χ3v) is 15.4. The number of hydrogen-bond acceptors (Lipinski definition) is 17. The summed E-state index contributed by atoms with van der Waals surface area (Å²) in [6, 6.07) is 22.7. The average Bonchev–Trinajstić information content (AvgIpc) is 4.30. The van der Waals surface area contributed by atoms with E-state index < -0.39 is 15.6 Å². The van der Waals surface area contributed by atoms with E-state index in [2.05, 4.69) is 70.1 Å². The fraction of sp³-hybridized carbons (Fsp3) is 0.361. The number of allylic oxidation sites excluding steroid dienone is 1. The van der Waals surface area contributed by atoms with Gasteiger partial charge in [0.1, 0.15) is 17.2 Å². The molecule has 1 amide bonds. The van der Waals surface area contributed by atoms with Gasteiger partial charge >= 0.3 is 6.09 Å². The van der Waals surface area contributed by atoms with Crippen LogP contribution in [0.1, 0.15) is 96.7 Å². The first-order chi connectivity index (χ1) is 38.9. The summed E-state index contributed by atoms with van der Waals surface area (Å²) in [7, 11) is -3.98. The Morgan fingerprint density at radius 1 is 0.728 bits per heavy atom. The van der Waals surface area contributed by atoms with Crippen LogP contribution < -0.4 is 25.4 Å². The maximum absolute atomic E-state index is 14.0. The molecule has 1 aliphatic carbocycles. The van der Waals surface area contributed by atoms with Crippen LogP contribution in [-0.2, 0) is 21.2 Å². The van der Waals surface area contributed by atoms with Crippen molar-refractivity contribution in [2.75, 3.05) is 36.8 Å². The molecule has 2 atom stereocenters. The molecule has 5 aromatic heterocycles. The number of fused-ring (bicyclic) bond motifs is 2. The Bertz CT molecular complexity index is 3690. The number of hydrogen-bond donors (Lipinski definition) is 3. The van der Waals surface area contributed by atoms with Crippen LogP contribution in [0.4, 0.5) is 16.4 Å². The number of nitrogens with one attached hydrogen (secondary N) is 3. The number of benzene rings is 3. The molecule has 0 radical (unpaired) electrons. The summed E-state index contributed by atoms with van der Waals surface area (Å²) in [5, 5.41) is 11.1. The average molecular weight is 1110 g/mol. The van der Waals surface area contributed by atoms with Crippen LogP contribution in [0, 0.1) is 6.92 Å². The first-order valence-electron chi connectivity index (χ1n) is 27.6. The van der Waals surface area contributed by atoms with Crippen molar-refractivity contribution in [1.29, 1.82) is 0 Å². The van der Waals surface area contributed by atoms with Crippen molar-refractivity contribution in [2.24, 2.45) is 0 Å². The van der Waals surface area contributed by atoms with Crippen LogP contribution in [0.15, 0.2) is 127 Å². The molecule has 2 fully saturated rings. The molecule has 7 heterocycles. The number of carbonyl (C=O) groups is 1. The Balaban J connectivity index is 0.000000198. The molecule has 81 heavy (non-hydrogen) atoms. The Labute approximate surface area is 473 Å². The Hall–Kier alpha value is -8.36. The van der Waals surface area contributed by atoms with Gasteiger partial charge in [0.05, 0.1) is 58.8 Å². The number of nitrogens with zero attached hydrogens (tertiary/aromatic N) is 10. The van der Waals surface area contributed by atoms with Gasteiger partial charge in [-0.3, -0.25) is 9.97 Å². The molecule has 3 aliphatic rings. The SMILES string of the molecule is CC(C)Oc1cncc(-c2ccc3c(c2)C(c2nccc(N[C@@H]4CCCNC4)n2)=CC3)n1.Cc1ccc(S(=O)(=O)n2cc(-c3nccc(N[C@@H]4CCCN(C(=O)OC(C)(C)C)C4)n3)c3cc(-c4cncc(OC(C)C)n4)ccc32)cc1. The second kappa shape index (κ2) is 24.2. The summed E-state index contributed by atoms with van der Waals surface area (Å²) in [6.07, 6.45) is 18.4. The zero-order valence-corrected chi connectivity index (χ0v) is 47.9. The Morgan fingerprint density at radius 3 is 2.01 bits per heavy atom. The van der Waals surface area contributed by atoms with Crippen LogP contribution in [0.3, 0.4) is 0 Å². The van der Waals surface area contributed by atoms with E-state index in [-0.39, 0.29) is 29.2 Å². The summed E-state index contributed by atoms with van der Waals surface area (Å²) in [6.45, 7) is 18.4. The van der Waals surface area contributed by atoms with Crippen molar-refractivity contribution >= 4 is 44.2 Å². The number of piperidine rings is 2. The van der Waals surface area contributed by atoms with Gasteiger partial charge in [-0.1, -0.05) is 42.0 Å². The highest BCUT2D eigenvalue weighted by Gasteiger charge is 2.29. The zero-order chi connectivity index (χ0) is 56.8. The quantitative estimate of drug-likeness (QED) is 0.0920. The fourth-order valence-electron chi connectivity index (χ4n) is 9.95. The smallest absolute Gasteiger partial charge is 0.410 e. The number of aromatic nitrogens is 9. The molecule has 0 spiro atoms. The maximum Gasteiger partial charge on any atom is 0.410 e. The van der Waals surface area contributed by atoms with E-state index in [4.69, 9.17) is 24.2 Å². The molecule has 8 aromatic rings. The molecular weight excluding hydrogens is 1040 g/mol. The lowest BCUT2D eigenvalue weighted by molar-refractivity contribution is 0.0206. The number of likely N-dealkylation sites (tertiary alicyclic amines) is 1. The fourth-order valence-corrected chi connectivity index (χ4v) is 11.3. The summed E-state index contributed by atoms with van der Waals surface area (Å²) in [5.74, 6) is 3.45. The topological polar surface area (TPSA) is 226 Å². The van der Waals surface area contributed by atoms with E-state index >= 15 is 0 Å². The first-order valence-corrected chi connectivity index (χ1v) is 29.0. The van der Waals surface area contributed by atoms with E-state index in [1.54, 1.807) is 78.5 Å². The van der Waals surface area contributed by atoms with Gasteiger partial charge in [-0.2, -0.15) is 0 Å². The molecule has 3 aromatic carbocycles. The molecule has 0 bridgehead atoms. The summed E-state index contributed by atoms with van der Waals surface area (Å²) >= 11 is 0. The van der Waals surface area contributed by atoms with Crippen LogP contribution in [0.2, 0.25) is 0 Å². The monoisotopic (exact) mass is 1110 g/mol. The lowest BCUT2D eigenvalue weighted by Gasteiger charge is -2.34. The van der Waals surface area contributed by atoms with Crippen LogP contribution >= 0.6 is 0 Å². The largest absolute Gasteiger partial charge is 0.474 e. The molecule has 420 valence electrons. The second-order valence-corrected chi connectivity index (χ2v) is 23.8. The van der Waals surface area contributed by atoms with Gasteiger partial charge in [0, 0.05) is 78.0 Å². The van der Waals surface area contributed by atoms with Crippen molar-refractivity contribution in [3.8, 4) is 45.7 Å². The van der Waals surface area contributed by atoms with Crippen molar-refractivity contribution in [2.45, 2.75) is 122 Å². The second-order valence-electron chi connectivity index (χ2n) is 22.0. The number of aryl methyl sites for hydroxylation is 1. The normalized spacial score (nSPS) is 16.3. The minimum atomic E-state index is -3.98. The lowest BCUT2D eigenvalue weighted by atomic mass is 10.0. The molecule has 3 N–H and O–H groups in total. The van der Waals surface area contributed by atoms with Crippen molar-refractivity contribution in [3.05, 3.63) is 145 Å². The zero-order valence-electron chi connectivity index (χ0n) is 47.1. The maximum atomic E-state index is 14.0. The minimum Gasteiger partial charge on any atom is -0.474 e. The predicted octanol–water partition coefficient (Wildman–Crippen LogP) is 10.6. The Kier molecular flexibility index (Phi) is 16.7. The third-order valence-electron chi connectivity index (χ3n) is 13.7. The highest BCUT2D eigenvalue weighted by molar-refractivity contribution is 7.90. The van der Waals surface area contributed by atoms with Crippen molar-refractivity contribution < 1.29 is 27.4 Å². The molecule has 20 heteroatoms. The van der Waals surface area contributed by atoms with E-state index in [9.17, 15) is 13.2 Å². The van der Waals surface area contributed by atoms with Gasteiger partial charge in [-0.05, 0) is 148 Å². The predicted molar refractivity (Wildman–Crippen MR) is 314 cm³/mol.